The smallest absolute Gasteiger partial charge is 0.233 e. The zero-order chi connectivity index (χ0) is 12.5. The fourth-order valence-corrected chi connectivity index (χ4v) is 3.11. The van der Waals surface area contributed by atoms with Crippen molar-refractivity contribution in [2.24, 2.45) is 17.1 Å². The van der Waals surface area contributed by atoms with E-state index in [1.165, 1.54) is 11.3 Å². The van der Waals surface area contributed by atoms with E-state index in [4.69, 9.17) is 18.0 Å². The van der Waals surface area contributed by atoms with E-state index in [0.717, 1.165) is 18.5 Å². The number of thiazole rings is 1. The molecular weight excluding hydrogens is 254 g/mol. The molecule has 17 heavy (non-hydrogen) atoms. The summed E-state index contributed by atoms with van der Waals surface area (Å²) in [4.78, 5) is 16.6. The van der Waals surface area contributed by atoms with Gasteiger partial charge in [-0.1, -0.05) is 19.1 Å². The molecule has 0 unspecified atom stereocenters. The SMILES string of the molecule is CC1CC(C(=O)NCc2cscn2)(C(N)=S)C1. The van der Waals surface area contributed by atoms with Gasteiger partial charge in [0.15, 0.2) is 0 Å². The van der Waals surface area contributed by atoms with Crippen LogP contribution in [0.25, 0.3) is 0 Å². The summed E-state index contributed by atoms with van der Waals surface area (Å²) in [5.74, 6) is 0.456. The summed E-state index contributed by atoms with van der Waals surface area (Å²) >= 11 is 6.54. The van der Waals surface area contributed by atoms with Crippen LogP contribution in [0.3, 0.4) is 0 Å². The summed E-state index contributed by atoms with van der Waals surface area (Å²) in [7, 11) is 0. The van der Waals surface area contributed by atoms with Crippen LogP contribution in [0.15, 0.2) is 10.9 Å². The highest BCUT2D eigenvalue weighted by Crippen LogP contribution is 2.45. The molecule has 2 rings (SSSR count). The second-order valence-electron chi connectivity index (χ2n) is 4.62. The van der Waals surface area contributed by atoms with Crippen LogP contribution in [0.5, 0.6) is 0 Å². The van der Waals surface area contributed by atoms with Gasteiger partial charge in [0.1, 0.15) is 0 Å². The Kier molecular flexibility index (Phi) is 3.44. The molecule has 1 aliphatic rings. The second-order valence-corrected chi connectivity index (χ2v) is 5.78. The van der Waals surface area contributed by atoms with Crippen molar-refractivity contribution in [3.05, 3.63) is 16.6 Å². The molecule has 1 saturated carbocycles. The minimum Gasteiger partial charge on any atom is -0.392 e. The maximum absolute atomic E-state index is 12.1. The van der Waals surface area contributed by atoms with Gasteiger partial charge in [0.25, 0.3) is 0 Å². The highest BCUT2D eigenvalue weighted by Gasteiger charge is 2.50. The van der Waals surface area contributed by atoms with E-state index in [1.54, 1.807) is 5.51 Å². The van der Waals surface area contributed by atoms with Crippen molar-refractivity contribution >= 4 is 34.5 Å². The largest absolute Gasteiger partial charge is 0.392 e. The van der Waals surface area contributed by atoms with E-state index in [9.17, 15) is 4.79 Å². The molecule has 0 bridgehead atoms. The van der Waals surface area contributed by atoms with Gasteiger partial charge in [0.05, 0.1) is 28.2 Å². The Hall–Kier alpha value is -1.01. The van der Waals surface area contributed by atoms with Crippen LogP contribution in [-0.2, 0) is 11.3 Å². The first kappa shape index (κ1) is 12.4. The highest BCUT2D eigenvalue weighted by molar-refractivity contribution is 7.80. The summed E-state index contributed by atoms with van der Waals surface area (Å²) < 4.78 is 0. The zero-order valence-corrected chi connectivity index (χ0v) is 11.2. The number of aromatic nitrogens is 1. The quantitative estimate of drug-likeness (QED) is 0.812. The van der Waals surface area contributed by atoms with Crippen molar-refractivity contribution in [2.45, 2.75) is 26.3 Å². The van der Waals surface area contributed by atoms with Crippen molar-refractivity contribution in [3.8, 4) is 0 Å². The predicted octanol–water partition coefficient (Wildman–Crippen LogP) is 1.46. The van der Waals surface area contributed by atoms with Crippen LogP contribution in [-0.4, -0.2) is 15.9 Å². The zero-order valence-electron chi connectivity index (χ0n) is 9.60. The summed E-state index contributed by atoms with van der Waals surface area (Å²) in [5.41, 5.74) is 7.70. The fraction of sp³-hybridized carbons (Fsp3) is 0.545. The van der Waals surface area contributed by atoms with E-state index >= 15 is 0 Å². The maximum Gasteiger partial charge on any atom is 0.233 e. The first-order valence-electron chi connectivity index (χ1n) is 5.50. The lowest BCUT2D eigenvalue weighted by atomic mass is 9.62. The van der Waals surface area contributed by atoms with Crippen LogP contribution < -0.4 is 11.1 Å². The van der Waals surface area contributed by atoms with Gasteiger partial charge < -0.3 is 11.1 Å². The van der Waals surface area contributed by atoms with Gasteiger partial charge in [-0.3, -0.25) is 4.79 Å². The van der Waals surface area contributed by atoms with Gasteiger partial charge >= 0.3 is 0 Å². The standard InChI is InChI=1S/C11H15N3OS2/c1-7-2-11(3-7,9(12)16)10(15)13-4-8-5-17-6-14-8/h5-7H,2-4H2,1H3,(H2,12,16)(H,13,15). The number of amides is 1. The van der Waals surface area contributed by atoms with Crippen LogP contribution in [0.4, 0.5) is 0 Å². The Morgan fingerprint density at radius 1 is 1.76 bits per heavy atom. The van der Waals surface area contributed by atoms with Gasteiger partial charge in [-0.05, 0) is 18.8 Å². The lowest BCUT2D eigenvalue weighted by Gasteiger charge is -2.44. The van der Waals surface area contributed by atoms with E-state index in [-0.39, 0.29) is 5.91 Å². The maximum atomic E-state index is 12.1. The molecule has 92 valence electrons. The Labute approximate surface area is 110 Å². The van der Waals surface area contributed by atoms with E-state index in [2.05, 4.69) is 17.2 Å². The Balaban J connectivity index is 1.96. The Morgan fingerprint density at radius 3 is 2.94 bits per heavy atom. The average Bonchev–Trinajstić information content (AvgIpc) is 2.73. The minimum atomic E-state index is -0.620. The van der Waals surface area contributed by atoms with E-state index < -0.39 is 5.41 Å². The van der Waals surface area contributed by atoms with Gasteiger partial charge in [0.2, 0.25) is 5.91 Å². The number of nitrogens with two attached hydrogens (primary N) is 1. The van der Waals surface area contributed by atoms with Crippen LogP contribution >= 0.6 is 23.6 Å². The molecule has 1 aromatic heterocycles. The molecule has 6 heteroatoms. The minimum absolute atomic E-state index is 0.0592. The van der Waals surface area contributed by atoms with Crippen LogP contribution in [0, 0.1) is 11.3 Å². The molecule has 0 atom stereocenters. The molecule has 1 aromatic rings. The summed E-state index contributed by atoms with van der Waals surface area (Å²) in [6.07, 6.45) is 1.51. The second kappa shape index (κ2) is 4.70. The lowest BCUT2D eigenvalue weighted by Crippen LogP contribution is -2.55. The van der Waals surface area contributed by atoms with Crippen molar-refractivity contribution < 1.29 is 4.79 Å². The summed E-state index contributed by atoms with van der Waals surface area (Å²) in [5, 5.41) is 4.78. The number of thiocarbonyl (C=S) groups is 1. The first-order chi connectivity index (χ1) is 8.04. The van der Waals surface area contributed by atoms with Crippen molar-refractivity contribution in [1.82, 2.24) is 10.3 Å². The molecule has 0 aliphatic heterocycles. The third kappa shape index (κ3) is 2.32. The summed E-state index contributed by atoms with van der Waals surface area (Å²) in [6, 6.07) is 0. The average molecular weight is 269 g/mol. The number of carbonyl (C=O) groups is 1. The molecule has 0 aromatic carbocycles. The number of hydrogen-bond acceptors (Lipinski definition) is 4. The molecule has 4 nitrogen and oxygen atoms in total. The molecule has 0 saturated heterocycles. The number of rotatable bonds is 4. The molecule has 1 amide bonds. The third-order valence-corrected chi connectivity index (χ3v) is 4.24. The van der Waals surface area contributed by atoms with Crippen molar-refractivity contribution in [3.63, 3.8) is 0 Å². The number of nitrogens with one attached hydrogen (secondary N) is 1. The number of hydrogen-bond donors (Lipinski definition) is 2. The Morgan fingerprint density at radius 2 is 2.47 bits per heavy atom. The molecule has 0 spiro atoms. The van der Waals surface area contributed by atoms with E-state index in [1.807, 2.05) is 5.38 Å². The fourth-order valence-electron chi connectivity index (χ4n) is 2.29. The highest BCUT2D eigenvalue weighted by atomic mass is 32.1. The van der Waals surface area contributed by atoms with Gasteiger partial charge in [-0.2, -0.15) is 0 Å². The first-order valence-corrected chi connectivity index (χ1v) is 6.85. The normalized spacial score (nSPS) is 27.2. The van der Waals surface area contributed by atoms with Gasteiger partial charge in [-0.15, -0.1) is 11.3 Å². The molecule has 1 heterocycles. The molecule has 1 fully saturated rings. The molecule has 1 aliphatic carbocycles. The number of nitrogens with zero attached hydrogens (tertiary/aromatic N) is 1. The third-order valence-electron chi connectivity index (χ3n) is 3.21. The number of carbonyl (C=O) groups excluding carboxylic acids is 1. The van der Waals surface area contributed by atoms with Crippen LogP contribution in [0.1, 0.15) is 25.5 Å². The van der Waals surface area contributed by atoms with Crippen molar-refractivity contribution in [2.75, 3.05) is 0 Å². The van der Waals surface area contributed by atoms with E-state index in [0.29, 0.717) is 17.5 Å². The molecular formula is C11H15N3OS2. The Bertz CT molecular complexity index is 424. The van der Waals surface area contributed by atoms with Gasteiger partial charge in [0, 0.05) is 5.38 Å². The van der Waals surface area contributed by atoms with Crippen molar-refractivity contribution in [1.29, 1.82) is 0 Å². The van der Waals surface area contributed by atoms with Crippen LogP contribution in [0.2, 0.25) is 0 Å². The predicted molar refractivity (Wildman–Crippen MR) is 71.6 cm³/mol. The lowest BCUT2D eigenvalue weighted by molar-refractivity contribution is -0.133. The van der Waals surface area contributed by atoms with Gasteiger partial charge in [-0.25, -0.2) is 4.98 Å². The molecule has 0 radical (unpaired) electrons. The summed E-state index contributed by atoms with van der Waals surface area (Å²) in [6.45, 7) is 2.55. The topological polar surface area (TPSA) is 68.0 Å². The monoisotopic (exact) mass is 269 g/mol. The molecule has 3 N–H and O–H groups in total.